The lowest BCUT2D eigenvalue weighted by atomic mass is 9.79. The van der Waals surface area contributed by atoms with Gasteiger partial charge in [-0.05, 0) is 97.0 Å². The molecule has 0 saturated heterocycles. The molecule has 0 spiro atoms. The van der Waals surface area contributed by atoms with Crippen LogP contribution in [0.25, 0.3) is 0 Å². The monoisotopic (exact) mass is 1090 g/mol. The van der Waals surface area contributed by atoms with Crippen LogP contribution >= 0.6 is 0 Å². The van der Waals surface area contributed by atoms with Crippen molar-refractivity contribution in [3.8, 4) is 11.5 Å². The number of allylic oxidation sites excluding steroid dienone is 4. The van der Waals surface area contributed by atoms with Gasteiger partial charge < -0.3 is 54.8 Å². The van der Waals surface area contributed by atoms with Gasteiger partial charge in [0.25, 0.3) is 11.4 Å². The highest BCUT2D eigenvalue weighted by atomic mass is 16.6. The predicted molar refractivity (Wildman–Crippen MR) is 289 cm³/mol. The topological polar surface area (TPSA) is 312 Å². The van der Waals surface area contributed by atoms with E-state index < -0.39 is 45.6 Å². The van der Waals surface area contributed by atoms with Crippen LogP contribution in [0, 0.1) is 20.2 Å². The minimum atomic E-state index is -1.08. The van der Waals surface area contributed by atoms with E-state index in [-0.39, 0.29) is 103 Å². The number of nitrogens with one attached hydrogen (secondary N) is 4. The molecule has 0 radical (unpaired) electrons. The molecule has 2 amide bonds. The number of para-hydroxylation sites is 2. The first-order valence-corrected chi connectivity index (χ1v) is 24.8. The van der Waals surface area contributed by atoms with Crippen molar-refractivity contribution in [3.63, 3.8) is 0 Å². The number of benzene rings is 4. The van der Waals surface area contributed by atoms with Gasteiger partial charge >= 0.3 is 23.9 Å². The third-order valence-electron chi connectivity index (χ3n) is 11.4. The molecular formula is C56H64N6O17. The summed E-state index contributed by atoms with van der Waals surface area (Å²) >= 11 is 0. The van der Waals surface area contributed by atoms with Crippen LogP contribution in [-0.4, -0.2) is 96.9 Å². The number of carbonyl (C=O) groups excluding carboxylic acids is 6. The van der Waals surface area contributed by atoms with Crippen molar-refractivity contribution < 1.29 is 72.1 Å². The lowest BCUT2D eigenvalue weighted by molar-refractivity contribution is -0.385. The van der Waals surface area contributed by atoms with Crippen molar-refractivity contribution in [1.82, 2.24) is 10.6 Å². The van der Waals surface area contributed by atoms with Gasteiger partial charge in [0.05, 0.1) is 57.2 Å². The smallest absolute Gasteiger partial charge is 0.336 e. The fraction of sp³-hybridized carbons (Fsp3) is 0.321. The number of amides is 2. The summed E-state index contributed by atoms with van der Waals surface area (Å²) in [7, 11) is 0. The highest BCUT2D eigenvalue weighted by Gasteiger charge is 2.42. The number of carbonyl (C=O) groups is 6. The maximum absolute atomic E-state index is 13.3. The van der Waals surface area contributed by atoms with Crippen LogP contribution in [0.15, 0.2) is 142 Å². The number of nitro groups is 2. The van der Waals surface area contributed by atoms with Crippen LogP contribution in [0.2, 0.25) is 0 Å². The van der Waals surface area contributed by atoms with Crippen molar-refractivity contribution in [2.24, 2.45) is 0 Å². The number of anilines is 2. The van der Waals surface area contributed by atoms with Crippen molar-refractivity contribution in [1.29, 1.82) is 0 Å². The first-order valence-electron chi connectivity index (χ1n) is 24.8. The second-order valence-corrected chi connectivity index (χ2v) is 17.0. The number of aliphatic hydroxyl groups excluding tert-OH is 1. The molecule has 4 aromatic carbocycles. The molecule has 0 aliphatic carbocycles. The van der Waals surface area contributed by atoms with Gasteiger partial charge in [-0.2, -0.15) is 0 Å². The van der Waals surface area contributed by atoms with Gasteiger partial charge in [0.2, 0.25) is 11.8 Å². The Bertz CT molecular complexity index is 2820. The van der Waals surface area contributed by atoms with Crippen LogP contribution in [0.4, 0.5) is 22.7 Å². The van der Waals surface area contributed by atoms with E-state index >= 15 is 0 Å². The quantitative estimate of drug-likeness (QED) is 0.0184. The van der Waals surface area contributed by atoms with E-state index in [2.05, 4.69) is 21.3 Å². The van der Waals surface area contributed by atoms with E-state index in [1.165, 1.54) is 50.2 Å². The lowest BCUT2D eigenvalue weighted by Gasteiger charge is -2.30. The number of hydrogen-bond donors (Lipinski definition) is 5. The molecule has 79 heavy (non-hydrogen) atoms. The van der Waals surface area contributed by atoms with Crippen LogP contribution in [-0.2, 0) is 47.7 Å². The van der Waals surface area contributed by atoms with Gasteiger partial charge in [-0.15, -0.1) is 0 Å². The summed E-state index contributed by atoms with van der Waals surface area (Å²) in [5.74, 6) is -4.41. The molecule has 2 aliphatic heterocycles. The standard InChI is InChI=1S/2C27H29N3O8.C2H6O/c2*1-5-36-26(32)23-16(2)28-17(3)24(25(23)21-8-6-7-9-22(21)30(34)35)27(33)38-15-14-37-20-12-10-19(11-13-20)29-18(4)31;1-2-3/h2*6-13,25,28H,5,14-15H2,1-4H3,(H,29,31);3H,2H2,1H3. The normalized spacial score (nSPS) is 14.6. The Morgan fingerprint density at radius 3 is 1.06 bits per heavy atom. The lowest BCUT2D eigenvalue weighted by Crippen LogP contribution is -2.33. The number of hydrogen-bond acceptors (Lipinski definition) is 19. The first-order chi connectivity index (χ1) is 37.7. The molecule has 2 atom stereocenters. The minimum Gasteiger partial charge on any atom is -0.490 e. The highest BCUT2D eigenvalue weighted by Crippen LogP contribution is 2.44. The second-order valence-electron chi connectivity index (χ2n) is 17.0. The van der Waals surface area contributed by atoms with Crippen molar-refractivity contribution >= 4 is 58.4 Å². The molecule has 4 aromatic rings. The molecular weight excluding hydrogens is 1030 g/mol. The van der Waals surface area contributed by atoms with Crippen molar-refractivity contribution in [2.45, 2.75) is 74.1 Å². The van der Waals surface area contributed by atoms with Crippen LogP contribution in [0.1, 0.15) is 85.3 Å². The van der Waals surface area contributed by atoms with Gasteiger partial charge in [-0.3, -0.25) is 29.8 Å². The Morgan fingerprint density at radius 1 is 0.494 bits per heavy atom. The molecule has 23 heteroatoms. The number of esters is 4. The average molecular weight is 1090 g/mol. The second kappa shape index (κ2) is 30.4. The van der Waals surface area contributed by atoms with E-state index in [0.29, 0.717) is 45.7 Å². The molecule has 0 aromatic heterocycles. The van der Waals surface area contributed by atoms with E-state index in [1.54, 1.807) is 109 Å². The number of nitro benzene ring substituents is 2. The molecule has 2 unspecified atom stereocenters. The zero-order valence-electron chi connectivity index (χ0n) is 45.2. The van der Waals surface area contributed by atoms with Crippen molar-refractivity contribution in [3.05, 3.63) is 173 Å². The SMILES string of the molecule is CCO.CCOC(=O)C1=C(C)NC(C)=C(C(=O)OCCOc2ccc(NC(C)=O)cc2)C1c1ccccc1[N+](=O)[O-].CCOC(=O)C1=C(C)NC(C)=C(C(=O)OCCOc2ccc(NC(C)=O)cc2)C1c1ccccc1[N+](=O)[O-]. The molecule has 2 aliphatic rings. The zero-order valence-corrected chi connectivity index (χ0v) is 45.2. The summed E-state index contributed by atoms with van der Waals surface area (Å²) < 4.78 is 32.6. The molecule has 0 bridgehead atoms. The molecule has 6 rings (SSSR count). The summed E-state index contributed by atoms with van der Waals surface area (Å²) in [4.78, 5) is 97.3. The summed E-state index contributed by atoms with van der Waals surface area (Å²) in [5.41, 5.74) is 3.05. The van der Waals surface area contributed by atoms with Gasteiger partial charge in [0.15, 0.2) is 0 Å². The fourth-order valence-electron chi connectivity index (χ4n) is 8.32. The Hall–Kier alpha value is -9.38. The number of dihydropyridines is 2. The number of rotatable bonds is 20. The van der Waals surface area contributed by atoms with E-state index in [1.807, 2.05) is 0 Å². The number of ether oxygens (including phenoxy) is 6. The van der Waals surface area contributed by atoms with E-state index in [4.69, 9.17) is 33.5 Å². The highest BCUT2D eigenvalue weighted by molar-refractivity contribution is 6.01. The third kappa shape index (κ3) is 17.3. The Balaban J connectivity index is 0.000000324. The largest absolute Gasteiger partial charge is 0.490 e. The van der Waals surface area contributed by atoms with Gasteiger partial charge in [0, 0.05) is 77.9 Å². The third-order valence-corrected chi connectivity index (χ3v) is 11.4. The zero-order chi connectivity index (χ0) is 58.3. The number of aliphatic hydroxyl groups is 1. The summed E-state index contributed by atoms with van der Waals surface area (Å²) in [5, 5.41) is 42.5. The molecule has 5 N–H and O–H groups in total. The molecule has 420 valence electrons. The molecule has 23 nitrogen and oxygen atoms in total. The Labute approximate surface area is 455 Å². The van der Waals surface area contributed by atoms with Gasteiger partial charge in [0.1, 0.15) is 37.9 Å². The fourth-order valence-corrected chi connectivity index (χ4v) is 8.32. The van der Waals surface area contributed by atoms with Crippen molar-refractivity contribution in [2.75, 3.05) is 56.9 Å². The van der Waals surface area contributed by atoms with Gasteiger partial charge in [-0.1, -0.05) is 36.4 Å². The summed E-state index contributed by atoms with van der Waals surface area (Å²) in [6, 6.07) is 25.2. The van der Waals surface area contributed by atoms with Crippen LogP contribution < -0.4 is 30.7 Å². The Morgan fingerprint density at radius 2 is 0.785 bits per heavy atom. The van der Waals surface area contributed by atoms with Crippen LogP contribution in [0.5, 0.6) is 11.5 Å². The first kappa shape index (κ1) is 62.2. The van der Waals surface area contributed by atoms with E-state index in [9.17, 15) is 49.0 Å². The maximum atomic E-state index is 13.3. The molecule has 2 heterocycles. The summed E-state index contributed by atoms with van der Waals surface area (Å²) in [6.45, 7) is 14.6. The minimum absolute atomic E-state index is 0.0285. The van der Waals surface area contributed by atoms with E-state index in [0.717, 1.165) is 0 Å². The molecule has 0 fully saturated rings. The average Bonchev–Trinajstić information content (AvgIpc) is 3.57. The molecule has 0 saturated carbocycles. The Kier molecular flexibility index (Phi) is 23.9. The summed E-state index contributed by atoms with van der Waals surface area (Å²) in [6.07, 6.45) is 0. The van der Waals surface area contributed by atoms with Crippen LogP contribution in [0.3, 0.4) is 0 Å². The van der Waals surface area contributed by atoms with Gasteiger partial charge in [-0.25, -0.2) is 19.2 Å². The number of nitrogens with zero attached hydrogens (tertiary/aromatic N) is 2. The maximum Gasteiger partial charge on any atom is 0.336 e. The predicted octanol–water partition coefficient (Wildman–Crippen LogP) is 7.95.